The van der Waals surface area contributed by atoms with Crippen LogP contribution in [0.25, 0.3) is 11.3 Å². The van der Waals surface area contributed by atoms with Crippen LogP contribution in [0.5, 0.6) is 0 Å². The molecule has 0 spiro atoms. The highest BCUT2D eigenvalue weighted by atomic mass is 127. The second-order valence-corrected chi connectivity index (χ2v) is 9.74. The van der Waals surface area contributed by atoms with Crippen molar-refractivity contribution in [2.45, 2.75) is 5.54 Å². The summed E-state index contributed by atoms with van der Waals surface area (Å²) in [6, 6.07) is 35.5. The number of imidazole rings is 2. The van der Waals surface area contributed by atoms with Crippen LogP contribution in [-0.4, -0.2) is 24.5 Å². The Kier molecular flexibility index (Phi) is 7.77. The second kappa shape index (κ2) is 11.5. The van der Waals surface area contributed by atoms with E-state index in [1.54, 1.807) is 24.8 Å². The number of aromatic amines is 1. The van der Waals surface area contributed by atoms with Gasteiger partial charge in [-0.15, -0.1) is 0 Å². The third-order valence-corrected chi connectivity index (χ3v) is 6.83. The number of H-pyrrole nitrogens is 1. The number of pyridine rings is 1. The summed E-state index contributed by atoms with van der Waals surface area (Å²) >= 11 is 7.90. The van der Waals surface area contributed by atoms with Gasteiger partial charge in [-0.3, -0.25) is 0 Å². The molecule has 0 amide bonds. The van der Waals surface area contributed by atoms with Crippen LogP contribution in [0.3, 0.4) is 0 Å². The third-order valence-electron chi connectivity index (χ3n) is 6.05. The van der Waals surface area contributed by atoms with Crippen LogP contribution < -0.4 is 0 Å². The number of hydrogen-bond donors (Lipinski definition) is 1. The van der Waals surface area contributed by atoms with Crippen LogP contribution in [0.1, 0.15) is 16.7 Å². The van der Waals surface area contributed by atoms with Crippen LogP contribution >= 0.6 is 34.2 Å². The van der Waals surface area contributed by atoms with E-state index >= 15 is 0 Å². The van der Waals surface area contributed by atoms with E-state index in [1.807, 2.05) is 12.4 Å². The van der Waals surface area contributed by atoms with Gasteiger partial charge in [0.15, 0.2) is 0 Å². The number of rotatable bonds is 5. The molecule has 0 radical (unpaired) electrons. The van der Waals surface area contributed by atoms with Gasteiger partial charge in [0.25, 0.3) is 0 Å². The van der Waals surface area contributed by atoms with Gasteiger partial charge in [0.05, 0.1) is 24.5 Å². The predicted octanol–water partition coefficient (Wildman–Crippen LogP) is 7.45. The molecule has 0 bridgehead atoms. The molecule has 5 nitrogen and oxygen atoms in total. The summed E-state index contributed by atoms with van der Waals surface area (Å²) in [5, 5.41) is 0.498. The molecule has 0 aliphatic carbocycles. The monoisotopic (exact) mass is 615 g/mol. The van der Waals surface area contributed by atoms with E-state index in [0.29, 0.717) is 5.15 Å². The van der Waals surface area contributed by atoms with E-state index in [0.717, 1.165) is 15.0 Å². The molecule has 0 aliphatic heterocycles. The summed E-state index contributed by atoms with van der Waals surface area (Å²) in [7, 11) is 0. The van der Waals surface area contributed by atoms with Gasteiger partial charge >= 0.3 is 0 Å². The SMILES string of the molecule is Clc1ccc(-c2cnc[nH]2)cn1.Ic1cn(C(c2ccccc2)(c2ccccc2)c2ccccc2)cn1. The molecule has 3 heterocycles. The Hall–Kier alpha value is -3.75. The first-order valence-electron chi connectivity index (χ1n) is 11.6. The molecule has 7 heteroatoms. The van der Waals surface area contributed by atoms with Crippen LogP contribution in [-0.2, 0) is 5.54 Å². The average Bonchev–Trinajstić information content (AvgIpc) is 3.65. The van der Waals surface area contributed by atoms with Crippen molar-refractivity contribution < 1.29 is 0 Å². The largest absolute Gasteiger partial charge is 0.345 e. The molecule has 3 aromatic carbocycles. The summed E-state index contributed by atoms with van der Waals surface area (Å²) in [6.07, 6.45) is 9.10. The Balaban J connectivity index is 0.000000195. The lowest BCUT2D eigenvalue weighted by Gasteiger charge is -2.37. The van der Waals surface area contributed by atoms with Crippen LogP contribution in [0.15, 0.2) is 134 Å². The van der Waals surface area contributed by atoms with Crippen molar-refractivity contribution >= 4 is 34.2 Å². The highest BCUT2D eigenvalue weighted by Crippen LogP contribution is 2.40. The Morgan fingerprint density at radius 2 is 1.27 bits per heavy atom. The minimum atomic E-state index is -0.458. The molecule has 182 valence electrons. The zero-order valence-corrected chi connectivity index (χ0v) is 22.7. The smallest absolute Gasteiger partial charge is 0.129 e. The number of nitrogens with one attached hydrogen (secondary N) is 1. The van der Waals surface area contributed by atoms with Crippen molar-refractivity contribution in [1.82, 2.24) is 24.5 Å². The highest BCUT2D eigenvalue weighted by Gasteiger charge is 2.38. The molecular weight excluding hydrogens is 593 g/mol. The van der Waals surface area contributed by atoms with E-state index in [1.165, 1.54) is 16.7 Å². The van der Waals surface area contributed by atoms with E-state index in [4.69, 9.17) is 11.6 Å². The molecule has 37 heavy (non-hydrogen) atoms. The molecule has 6 rings (SSSR count). The van der Waals surface area contributed by atoms with Gasteiger partial charge < -0.3 is 9.55 Å². The molecule has 6 aromatic rings. The number of hydrogen-bond acceptors (Lipinski definition) is 3. The van der Waals surface area contributed by atoms with E-state index < -0.39 is 5.54 Å². The van der Waals surface area contributed by atoms with Crippen molar-refractivity contribution in [3.05, 3.63) is 160 Å². The molecule has 0 saturated heterocycles. The summed E-state index contributed by atoms with van der Waals surface area (Å²) in [5.74, 6) is 0. The standard InChI is InChI=1S/C22H17IN2.C8H6ClN3/c23-21-16-25(17-24-21)22(18-10-4-1-5-11-18,19-12-6-2-7-13-19)20-14-8-3-9-15-20;9-8-2-1-6(3-11-8)7-4-10-5-12-7/h1-17H;1-5H,(H,10,12). The maximum atomic E-state index is 5.64. The van der Waals surface area contributed by atoms with Gasteiger partial charge in [-0.2, -0.15) is 0 Å². The average molecular weight is 616 g/mol. The molecule has 3 aromatic heterocycles. The van der Waals surface area contributed by atoms with Crippen molar-refractivity contribution in [2.24, 2.45) is 0 Å². The number of benzene rings is 3. The minimum absolute atomic E-state index is 0.458. The Labute approximate surface area is 234 Å². The maximum Gasteiger partial charge on any atom is 0.129 e. The van der Waals surface area contributed by atoms with E-state index in [-0.39, 0.29) is 0 Å². The predicted molar refractivity (Wildman–Crippen MR) is 156 cm³/mol. The Morgan fingerprint density at radius 1 is 0.703 bits per heavy atom. The molecule has 0 fully saturated rings. The van der Waals surface area contributed by atoms with Crippen LogP contribution in [0.4, 0.5) is 0 Å². The molecule has 0 unspecified atom stereocenters. The topological polar surface area (TPSA) is 59.4 Å². The highest BCUT2D eigenvalue weighted by molar-refractivity contribution is 14.1. The minimum Gasteiger partial charge on any atom is -0.345 e. The summed E-state index contributed by atoms with van der Waals surface area (Å²) in [5.41, 5.74) is 5.10. The fourth-order valence-corrected chi connectivity index (χ4v) is 4.95. The van der Waals surface area contributed by atoms with Crippen molar-refractivity contribution in [2.75, 3.05) is 0 Å². The normalized spacial score (nSPS) is 11.0. The molecule has 0 saturated carbocycles. The summed E-state index contributed by atoms with van der Waals surface area (Å²) < 4.78 is 3.19. The van der Waals surface area contributed by atoms with E-state index in [2.05, 4.69) is 144 Å². The molecule has 0 aliphatic rings. The van der Waals surface area contributed by atoms with E-state index in [9.17, 15) is 0 Å². The first-order chi connectivity index (χ1) is 18.2. The van der Waals surface area contributed by atoms with Gasteiger partial charge in [0.1, 0.15) is 14.4 Å². The molecule has 0 atom stereocenters. The van der Waals surface area contributed by atoms with Gasteiger partial charge in [-0.1, -0.05) is 103 Å². The van der Waals surface area contributed by atoms with Gasteiger partial charge in [-0.25, -0.2) is 15.0 Å². The maximum absolute atomic E-state index is 5.64. The third kappa shape index (κ3) is 5.35. The fourth-order valence-electron chi connectivity index (χ4n) is 4.42. The first-order valence-corrected chi connectivity index (χ1v) is 13.1. The van der Waals surface area contributed by atoms with Crippen molar-refractivity contribution in [1.29, 1.82) is 0 Å². The number of aromatic nitrogens is 5. The molecule has 1 N–H and O–H groups in total. The zero-order chi connectivity index (χ0) is 25.5. The Morgan fingerprint density at radius 3 is 1.68 bits per heavy atom. The fraction of sp³-hybridized carbons (Fsp3) is 0.0333. The summed E-state index contributed by atoms with van der Waals surface area (Å²) in [4.78, 5) is 15.3. The van der Waals surface area contributed by atoms with Gasteiger partial charge in [0, 0.05) is 18.0 Å². The second-order valence-electron chi connectivity index (χ2n) is 8.25. The molecular formula is C30H23ClIN5. The Bertz CT molecular complexity index is 1420. The number of nitrogens with zero attached hydrogens (tertiary/aromatic N) is 4. The first kappa shape index (κ1) is 24.9. The quantitative estimate of drug-likeness (QED) is 0.125. The van der Waals surface area contributed by atoms with Crippen LogP contribution in [0.2, 0.25) is 5.15 Å². The lowest BCUT2D eigenvalue weighted by molar-refractivity contribution is 0.514. The lowest BCUT2D eigenvalue weighted by Crippen LogP contribution is -2.36. The van der Waals surface area contributed by atoms with Gasteiger partial charge in [-0.05, 0) is 51.4 Å². The van der Waals surface area contributed by atoms with Crippen LogP contribution in [0, 0.1) is 3.70 Å². The van der Waals surface area contributed by atoms with Crippen molar-refractivity contribution in [3.63, 3.8) is 0 Å². The zero-order valence-electron chi connectivity index (χ0n) is 19.7. The number of halogens is 2. The lowest BCUT2D eigenvalue weighted by atomic mass is 9.77. The van der Waals surface area contributed by atoms with Gasteiger partial charge in [0.2, 0.25) is 0 Å². The van der Waals surface area contributed by atoms with Crippen molar-refractivity contribution in [3.8, 4) is 11.3 Å². The summed E-state index contributed by atoms with van der Waals surface area (Å²) in [6.45, 7) is 0.